The Morgan fingerprint density at radius 3 is 2.50 bits per heavy atom. The molecule has 0 spiro atoms. The van der Waals surface area contributed by atoms with E-state index in [1.165, 1.54) is 23.9 Å². The second-order valence-corrected chi connectivity index (χ2v) is 5.37. The molecule has 1 aromatic carbocycles. The van der Waals surface area contributed by atoms with Gasteiger partial charge < -0.3 is 10.4 Å². The van der Waals surface area contributed by atoms with Crippen molar-refractivity contribution in [2.75, 3.05) is 23.9 Å². The third-order valence-corrected chi connectivity index (χ3v) is 3.41. The molecule has 0 saturated heterocycles. The van der Waals surface area contributed by atoms with Gasteiger partial charge in [0.2, 0.25) is 0 Å². The number of benzene rings is 1. The first-order chi connectivity index (χ1) is 9.26. The molecule has 1 aromatic rings. The summed E-state index contributed by atoms with van der Waals surface area (Å²) in [5.41, 5.74) is -1.63. The zero-order valence-corrected chi connectivity index (χ0v) is 11.8. The first-order valence-corrected chi connectivity index (χ1v) is 7.04. The highest BCUT2D eigenvalue weighted by Crippen LogP contribution is 2.29. The average Bonchev–Trinajstić information content (AvgIpc) is 2.36. The molecule has 0 heterocycles. The molecule has 9 heteroatoms. The maximum absolute atomic E-state index is 10.9. The lowest BCUT2D eigenvalue weighted by Crippen LogP contribution is -2.36. The van der Waals surface area contributed by atoms with Gasteiger partial charge in [-0.05, 0) is 19.2 Å². The molecular formula is C11H15N3O5S. The minimum Gasteiger partial charge on any atom is -0.387 e. The number of nitro groups is 2. The second-order valence-electron chi connectivity index (χ2n) is 4.50. The van der Waals surface area contributed by atoms with Crippen molar-refractivity contribution in [3.63, 3.8) is 0 Å². The van der Waals surface area contributed by atoms with Gasteiger partial charge in [-0.2, -0.15) is 11.8 Å². The van der Waals surface area contributed by atoms with Gasteiger partial charge in [0.05, 0.1) is 21.5 Å². The Kier molecular flexibility index (Phi) is 5.28. The lowest BCUT2D eigenvalue weighted by atomic mass is 10.1. The van der Waals surface area contributed by atoms with E-state index in [4.69, 9.17) is 0 Å². The molecule has 1 atom stereocenters. The first kappa shape index (κ1) is 16.2. The molecule has 0 amide bonds. The van der Waals surface area contributed by atoms with Crippen LogP contribution >= 0.6 is 11.8 Å². The molecular weight excluding hydrogens is 286 g/mol. The van der Waals surface area contributed by atoms with Crippen LogP contribution < -0.4 is 5.32 Å². The molecule has 1 rings (SSSR count). The number of nitrogens with one attached hydrogen (secondary N) is 1. The topological polar surface area (TPSA) is 119 Å². The van der Waals surface area contributed by atoms with Crippen molar-refractivity contribution < 1.29 is 15.0 Å². The molecule has 110 valence electrons. The summed E-state index contributed by atoms with van der Waals surface area (Å²) < 4.78 is 0. The van der Waals surface area contributed by atoms with Crippen LogP contribution in [0.2, 0.25) is 0 Å². The van der Waals surface area contributed by atoms with Crippen molar-refractivity contribution in [2.45, 2.75) is 12.5 Å². The molecule has 0 radical (unpaired) electrons. The van der Waals surface area contributed by atoms with Gasteiger partial charge in [0, 0.05) is 18.4 Å². The number of rotatable bonds is 7. The molecule has 2 N–H and O–H groups in total. The summed E-state index contributed by atoms with van der Waals surface area (Å²) in [5.74, 6) is 0.459. The fourth-order valence-electron chi connectivity index (χ4n) is 1.58. The van der Waals surface area contributed by atoms with Crippen LogP contribution in [-0.2, 0) is 0 Å². The predicted molar refractivity (Wildman–Crippen MR) is 77.2 cm³/mol. The number of thioether (sulfide) groups is 1. The molecule has 20 heavy (non-hydrogen) atoms. The van der Waals surface area contributed by atoms with E-state index in [-0.39, 0.29) is 23.6 Å². The normalized spacial score (nSPS) is 13.6. The monoisotopic (exact) mass is 301 g/mol. The van der Waals surface area contributed by atoms with E-state index in [0.717, 1.165) is 6.07 Å². The number of nitrogens with zero attached hydrogens (tertiary/aromatic N) is 2. The first-order valence-electron chi connectivity index (χ1n) is 5.65. The summed E-state index contributed by atoms with van der Waals surface area (Å²) in [5, 5.41) is 34.3. The number of hydrogen-bond acceptors (Lipinski definition) is 7. The van der Waals surface area contributed by atoms with Gasteiger partial charge in [-0.3, -0.25) is 20.2 Å². The van der Waals surface area contributed by atoms with Gasteiger partial charge in [0.1, 0.15) is 5.69 Å². The Labute approximate surface area is 119 Å². The molecule has 0 aliphatic carbocycles. The smallest absolute Gasteiger partial charge is 0.299 e. The van der Waals surface area contributed by atoms with E-state index in [0.29, 0.717) is 5.75 Å². The summed E-state index contributed by atoms with van der Waals surface area (Å²) in [7, 11) is 0. The lowest BCUT2D eigenvalue weighted by molar-refractivity contribution is -0.393. The SMILES string of the molecule is CSCC(C)(O)CNc1ccc([N+](=O)[O-])cc1[N+](=O)[O-]. The van der Waals surface area contributed by atoms with Crippen LogP contribution in [0.3, 0.4) is 0 Å². The quantitative estimate of drug-likeness (QED) is 0.584. The van der Waals surface area contributed by atoms with E-state index < -0.39 is 15.4 Å². The summed E-state index contributed by atoms with van der Waals surface area (Å²) in [4.78, 5) is 20.1. The minimum atomic E-state index is -1.03. The average molecular weight is 301 g/mol. The molecule has 8 nitrogen and oxygen atoms in total. The summed E-state index contributed by atoms with van der Waals surface area (Å²) in [6.45, 7) is 1.71. The van der Waals surface area contributed by atoms with Crippen molar-refractivity contribution in [3.8, 4) is 0 Å². The van der Waals surface area contributed by atoms with Gasteiger partial charge in [0.25, 0.3) is 11.4 Å². The summed E-state index contributed by atoms with van der Waals surface area (Å²) >= 11 is 1.45. The summed E-state index contributed by atoms with van der Waals surface area (Å²) in [6.07, 6.45) is 1.84. The Morgan fingerprint density at radius 1 is 1.35 bits per heavy atom. The standard InChI is InChI=1S/C11H15N3O5S/c1-11(15,7-20-2)6-12-9-4-3-8(13(16)17)5-10(9)14(18)19/h3-5,12,15H,6-7H2,1-2H3. The fourth-order valence-corrected chi connectivity index (χ4v) is 2.31. The minimum absolute atomic E-state index is 0.104. The van der Waals surface area contributed by atoms with E-state index in [1.807, 2.05) is 6.26 Å². The van der Waals surface area contributed by atoms with Crippen LogP contribution in [0.25, 0.3) is 0 Å². The van der Waals surface area contributed by atoms with Crippen molar-refractivity contribution in [3.05, 3.63) is 38.4 Å². The molecule has 0 fully saturated rings. The zero-order valence-electron chi connectivity index (χ0n) is 11.0. The molecule has 0 aliphatic rings. The van der Waals surface area contributed by atoms with E-state index in [2.05, 4.69) is 5.32 Å². The Hall–Kier alpha value is -1.87. The van der Waals surface area contributed by atoms with Gasteiger partial charge in [-0.1, -0.05) is 0 Å². The third-order valence-electron chi connectivity index (χ3n) is 2.50. The molecule has 0 aliphatic heterocycles. The highest BCUT2D eigenvalue weighted by atomic mass is 32.2. The van der Waals surface area contributed by atoms with Gasteiger partial charge >= 0.3 is 0 Å². The van der Waals surface area contributed by atoms with Crippen LogP contribution in [0.15, 0.2) is 18.2 Å². The van der Waals surface area contributed by atoms with Gasteiger partial charge in [0.15, 0.2) is 0 Å². The largest absolute Gasteiger partial charge is 0.387 e. The third kappa shape index (κ3) is 4.35. The number of nitro benzene ring substituents is 2. The highest BCUT2D eigenvalue weighted by Gasteiger charge is 2.23. The number of anilines is 1. The van der Waals surface area contributed by atoms with Crippen LogP contribution in [0.5, 0.6) is 0 Å². The Bertz CT molecular complexity index is 521. The van der Waals surface area contributed by atoms with Crippen LogP contribution in [0.1, 0.15) is 6.92 Å². The molecule has 0 aromatic heterocycles. The van der Waals surface area contributed by atoms with Crippen molar-refractivity contribution in [2.24, 2.45) is 0 Å². The predicted octanol–water partition coefficient (Wildman–Crippen LogP) is 2.03. The van der Waals surface area contributed by atoms with E-state index in [9.17, 15) is 25.3 Å². The van der Waals surface area contributed by atoms with Gasteiger partial charge in [-0.15, -0.1) is 0 Å². The number of non-ortho nitro benzene ring substituents is 1. The van der Waals surface area contributed by atoms with Crippen molar-refractivity contribution >= 4 is 28.8 Å². The van der Waals surface area contributed by atoms with E-state index in [1.54, 1.807) is 6.92 Å². The van der Waals surface area contributed by atoms with E-state index >= 15 is 0 Å². The number of hydrogen-bond donors (Lipinski definition) is 2. The fraction of sp³-hybridized carbons (Fsp3) is 0.455. The number of aliphatic hydroxyl groups is 1. The second kappa shape index (κ2) is 6.53. The van der Waals surface area contributed by atoms with Gasteiger partial charge in [-0.25, -0.2) is 0 Å². The van der Waals surface area contributed by atoms with Crippen LogP contribution in [0.4, 0.5) is 17.1 Å². The molecule has 1 unspecified atom stereocenters. The molecule has 0 bridgehead atoms. The van der Waals surface area contributed by atoms with Crippen molar-refractivity contribution in [1.82, 2.24) is 0 Å². The van der Waals surface area contributed by atoms with Crippen LogP contribution in [0, 0.1) is 20.2 Å². The lowest BCUT2D eigenvalue weighted by Gasteiger charge is -2.23. The molecule has 0 saturated carbocycles. The maximum Gasteiger partial charge on any atom is 0.299 e. The zero-order chi connectivity index (χ0) is 15.3. The Balaban J connectivity index is 2.95. The Morgan fingerprint density at radius 2 is 2.00 bits per heavy atom. The maximum atomic E-state index is 10.9. The van der Waals surface area contributed by atoms with Crippen molar-refractivity contribution in [1.29, 1.82) is 0 Å². The highest BCUT2D eigenvalue weighted by molar-refractivity contribution is 7.98. The van der Waals surface area contributed by atoms with Crippen LogP contribution in [-0.4, -0.2) is 39.1 Å². The summed E-state index contributed by atoms with van der Waals surface area (Å²) in [6, 6.07) is 3.34.